The molecule has 0 bridgehead atoms. The van der Waals surface area contributed by atoms with Crippen LogP contribution in [0.25, 0.3) is 11.0 Å². The topological polar surface area (TPSA) is 38.1 Å². The van der Waals surface area contributed by atoms with Gasteiger partial charge in [0.1, 0.15) is 17.7 Å². The molecule has 22 heavy (non-hydrogen) atoms. The Morgan fingerprint density at radius 3 is 2.55 bits per heavy atom. The van der Waals surface area contributed by atoms with Crippen molar-refractivity contribution in [3.8, 4) is 0 Å². The van der Waals surface area contributed by atoms with Gasteiger partial charge < -0.3 is 9.67 Å². The van der Waals surface area contributed by atoms with E-state index in [1.165, 1.54) is 6.07 Å². The first kappa shape index (κ1) is 14.7. The Morgan fingerprint density at radius 1 is 1.18 bits per heavy atom. The summed E-state index contributed by atoms with van der Waals surface area (Å²) in [6.07, 6.45) is -0.709. The van der Waals surface area contributed by atoms with Crippen LogP contribution in [0.2, 0.25) is 0 Å². The summed E-state index contributed by atoms with van der Waals surface area (Å²) in [5.74, 6) is 0.313. The first-order chi connectivity index (χ1) is 10.5. The molecule has 1 heterocycles. The lowest BCUT2D eigenvalue weighted by Crippen LogP contribution is -2.09. The third-order valence-corrected chi connectivity index (χ3v) is 4.05. The highest BCUT2D eigenvalue weighted by Crippen LogP contribution is 2.25. The zero-order valence-electron chi connectivity index (χ0n) is 13.0. The number of fused-ring (bicyclic) bond motifs is 1. The molecular formula is C18H19FN2O. The van der Waals surface area contributed by atoms with Crippen LogP contribution in [0.15, 0.2) is 36.4 Å². The predicted octanol–water partition coefficient (Wildman–Crippen LogP) is 3.89. The third-order valence-electron chi connectivity index (χ3n) is 4.05. The molecule has 0 fully saturated rings. The van der Waals surface area contributed by atoms with E-state index in [1.807, 2.05) is 36.6 Å². The van der Waals surface area contributed by atoms with Gasteiger partial charge in [-0.1, -0.05) is 18.2 Å². The van der Waals surface area contributed by atoms with Crippen LogP contribution in [0.4, 0.5) is 4.39 Å². The van der Waals surface area contributed by atoms with E-state index in [2.05, 4.69) is 4.98 Å². The van der Waals surface area contributed by atoms with Crippen molar-refractivity contribution >= 4 is 11.0 Å². The minimum atomic E-state index is -0.709. The highest BCUT2D eigenvalue weighted by molar-refractivity contribution is 5.78. The summed E-state index contributed by atoms with van der Waals surface area (Å²) in [5.41, 5.74) is 4.64. The van der Waals surface area contributed by atoms with E-state index in [0.717, 1.165) is 22.2 Å². The maximum atomic E-state index is 14.0. The summed E-state index contributed by atoms with van der Waals surface area (Å²) in [4.78, 5) is 4.53. The molecule has 0 amide bonds. The van der Waals surface area contributed by atoms with Gasteiger partial charge in [-0.25, -0.2) is 9.37 Å². The molecule has 0 aliphatic heterocycles. The SMILES string of the molecule is Cc1cc2nc(C(C)O)n(Cc3ccccc3F)c2cc1C. The Balaban J connectivity index is 2.20. The Bertz CT molecular complexity index is 836. The molecule has 0 saturated carbocycles. The molecule has 4 heteroatoms. The van der Waals surface area contributed by atoms with E-state index in [0.29, 0.717) is 17.9 Å². The first-order valence-electron chi connectivity index (χ1n) is 7.36. The molecule has 1 atom stereocenters. The van der Waals surface area contributed by atoms with Crippen molar-refractivity contribution < 1.29 is 9.50 Å². The van der Waals surface area contributed by atoms with Gasteiger partial charge in [-0.2, -0.15) is 0 Å². The highest BCUT2D eigenvalue weighted by atomic mass is 19.1. The fourth-order valence-electron chi connectivity index (χ4n) is 2.68. The smallest absolute Gasteiger partial charge is 0.138 e. The summed E-state index contributed by atoms with van der Waals surface area (Å²) in [6.45, 7) is 6.11. The molecule has 0 radical (unpaired) electrons. The number of aromatic nitrogens is 2. The summed E-state index contributed by atoms with van der Waals surface area (Å²) < 4.78 is 15.9. The molecule has 1 unspecified atom stereocenters. The molecule has 1 N–H and O–H groups in total. The molecule has 3 nitrogen and oxygen atoms in total. The maximum Gasteiger partial charge on any atom is 0.138 e. The quantitative estimate of drug-likeness (QED) is 0.796. The van der Waals surface area contributed by atoms with Crippen LogP contribution in [0.3, 0.4) is 0 Å². The highest BCUT2D eigenvalue weighted by Gasteiger charge is 2.17. The van der Waals surface area contributed by atoms with Crippen LogP contribution in [-0.2, 0) is 6.54 Å². The van der Waals surface area contributed by atoms with Crippen LogP contribution in [0.1, 0.15) is 35.5 Å². The summed E-state index contributed by atoms with van der Waals surface area (Å²) >= 11 is 0. The zero-order valence-corrected chi connectivity index (χ0v) is 13.0. The molecule has 114 valence electrons. The average Bonchev–Trinajstić information content (AvgIpc) is 2.80. The molecule has 0 spiro atoms. The number of hydrogen-bond donors (Lipinski definition) is 1. The number of benzene rings is 2. The number of imidazole rings is 1. The number of rotatable bonds is 3. The molecule has 3 rings (SSSR count). The third kappa shape index (κ3) is 2.50. The van der Waals surface area contributed by atoms with Crippen LogP contribution in [-0.4, -0.2) is 14.7 Å². The van der Waals surface area contributed by atoms with E-state index < -0.39 is 6.10 Å². The lowest BCUT2D eigenvalue weighted by atomic mass is 10.1. The number of halogens is 1. The van der Waals surface area contributed by atoms with Gasteiger partial charge in [0.25, 0.3) is 0 Å². The number of aliphatic hydroxyl groups excluding tert-OH is 1. The second-order valence-corrected chi connectivity index (χ2v) is 5.75. The average molecular weight is 298 g/mol. The Kier molecular flexibility index (Phi) is 3.71. The van der Waals surface area contributed by atoms with Gasteiger partial charge in [-0.15, -0.1) is 0 Å². The van der Waals surface area contributed by atoms with Gasteiger partial charge in [0.2, 0.25) is 0 Å². The Labute approximate surface area is 129 Å². The summed E-state index contributed by atoms with van der Waals surface area (Å²) in [5, 5.41) is 10.0. The number of hydrogen-bond acceptors (Lipinski definition) is 2. The van der Waals surface area contributed by atoms with Crippen molar-refractivity contribution in [1.29, 1.82) is 0 Å². The van der Waals surface area contributed by atoms with Crippen LogP contribution in [0.5, 0.6) is 0 Å². The lowest BCUT2D eigenvalue weighted by molar-refractivity contribution is 0.185. The molecule has 2 aromatic carbocycles. The zero-order chi connectivity index (χ0) is 15.9. The van der Waals surface area contributed by atoms with Crippen molar-refractivity contribution in [3.05, 3.63) is 64.7 Å². The Morgan fingerprint density at radius 2 is 1.86 bits per heavy atom. The fourth-order valence-corrected chi connectivity index (χ4v) is 2.68. The standard InChI is InChI=1S/C18H19FN2O/c1-11-8-16-17(9-12(11)2)21(18(20-16)13(3)22)10-14-6-4-5-7-15(14)19/h4-9,13,22H,10H2,1-3H3. The van der Waals surface area contributed by atoms with Crippen LogP contribution < -0.4 is 0 Å². The van der Waals surface area contributed by atoms with E-state index in [1.54, 1.807) is 19.1 Å². The summed E-state index contributed by atoms with van der Waals surface area (Å²) in [7, 11) is 0. The van der Waals surface area contributed by atoms with Gasteiger partial charge in [0.05, 0.1) is 17.6 Å². The predicted molar refractivity (Wildman–Crippen MR) is 85.3 cm³/mol. The van der Waals surface area contributed by atoms with Crippen molar-refractivity contribution in [1.82, 2.24) is 9.55 Å². The van der Waals surface area contributed by atoms with E-state index in [-0.39, 0.29) is 5.82 Å². The van der Waals surface area contributed by atoms with Gasteiger partial charge in [0.15, 0.2) is 0 Å². The van der Waals surface area contributed by atoms with Gasteiger partial charge in [0, 0.05) is 5.56 Å². The molecule has 0 aliphatic rings. The molecule has 0 saturated heterocycles. The molecule has 3 aromatic rings. The van der Waals surface area contributed by atoms with Crippen molar-refractivity contribution in [2.45, 2.75) is 33.4 Å². The lowest BCUT2D eigenvalue weighted by Gasteiger charge is -2.12. The maximum absolute atomic E-state index is 14.0. The minimum absolute atomic E-state index is 0.246. The minimum Gasteiger partial charge on any atom is -0.385 e. The van der Waals surface area contributed by atoms with E-state index in [9.17, 15) is 9.50 Å². The second kappa shape index (κ2) is 5.54. The van der Waals surface area contributed by atoms with Gasteiger partial charge in [-0.05, 0) is 50.1 Å². The van der Waals surface area contributed by atoms with Crippen LogP contribution in [0, 0.1) is 19.7 Å². The fraction of sp³-hybridized carbons (Fsp3) is 0.278. The first-order valence-corrected chi connectivity index (χ1v) is 7.36. The van der Waals surface area contributed by atoms with Gasteiger partial charge in [-0.3, -0.25) is 0 Å². The molecular weight excluding hydrogens is 279 g/mol. The number of nitrogens with zero attached hydrogens (tertiary/aromatic N) is 2. The van der Waals surface area contributed by atoms with Crippen molar-refractivity contribution in [2.24, 2.45) is 0 Å². The van der Waals surface area contributed by atoms with Crippen LogP contribution >= 0.6 is 0 Å². The second-order valence-electron chi connectivity index (χ2n) is 5.75. The molecule has 1 aromatic heterocycles. The van der Waals surface area contributed by atoms with Gasteiger partial charge >= 0.3 is 0 Å². The van der Waals surface area contributed by atoms with Crippen molar-refractivity contribution in [2.75, 3.05) is 0 Å². The number of aryl methyl sites for hydroxylation is 2. The monoisotopic (exact) mass is 298 g/mol. The van der Waals surface area contributed by atoms with E-state index in [4.69, 9.17) is 0 Å². The summed E-state index contributed by atoms with van der Waals surface area (Å²) in [6, 6.07) is 10.8. The largest absolute Gasteiger partial charge is 0.385 e. The molecule has 0 aliphatic carbocycles. The Hall–Kier alpha value is -2.20. The van der Waals surface area contributed by atoms with E-state index >= 15 is 0 Å². The normalized spacial score (nSPS) is 12.8. The van der Waals surface area contributed by atoms with Crippen molar-refractivity contribution in [3.63, 3.8) is 0 Å². The number of aliphatic hydroxyl groups is 1.